The maximum atomic E-state index is 12.1. The summed E-state index contributed by atoms with van der Waals surface area (Å²) in [6.45, 7) is 1.78. The van der Waals surface area contributed by atoms with Gasteiger partial charge in [-0.3, -0.25) is 9.59 Å². The maximum Gasteiger partial charge on any atom is 0.315 e. The summed E-state index contributed by atoms with van der Waals surface area (Å²) < 4.78 is 10.2. The van der Waals surface area contributed by atoms with E-state index in [2.05, 4.69) is 15.6 Å². The van der Waals surface area contributed by atoms with Crippen LogP contribution in [0, 0.1) is 6.92 Å². The maximum absolute atomic E-state index is 12.1. The predicted molar refractivity (Wildman–Crippen MR) is 90.8 cm³/mol. The molecule has 1 aromatic carbocycles. The number of rotatable bonds is 4. The molecule has 2 rings (SSSR count). The van der Waals surface area contributed by atoms with Crippen LogP contribution in [-0.4, -0.2) is 31.0 Å². The van der Waals surface area contributed by atoms with Crippen molar-refractivity contribution in [1.29, 1.82) is 0 Å². The lowest BCUT2D eigenvalue weighted by atomic mass is 10.2. The Kier molecular flexibility index (Phi) is 5.59. The van der Waals surface area contributed by atoms with Gasteiger partial charge in [-0.1, -0.05) is 17.7 Å². The number of carbonyl (C=O) groups excluding carboxylic acids is 2. The summed E-state index contributed by atoms with van der Waals surface area (Å²) in [5, 5.41) is 5.20. The number of hydrogen-bond acceptors (Lipinski definition) is 5. The molecule has 8 heteroatoms. The van der Waals surface area contributed by atoms with Crippen LogP contribution in [0.15, 0.2) is 30.3 Å². The minimum absolute atomic E-state index is 0.260. The molecule has 0 saturated heterocycles. The molecule has 0 aliphatic heterocycles. The Balaban J connectivity index is 2.15. The Morgan fingerprint density at radius 1 is 1.04 bits per heavy atom. The van der Waals surface area contributed by atoms with E-state index in [1.165, 1.54) is 26.4 Å². The molecule has 0 saturated carbocycles. The van der Waals surface area contributed by atoms with E-state index in [0.29, 0.717) is 16.5 Å². The summed E-state index contributed by atoms with van der Waals surface area (Å²) in [6.07, 6.45) is 0. The van der Waals surface area contributed by atoms with Gasteiger partial charge in [-0.05, 0) is 19.1 Å². The number of aromatic nitrogens is 1. The van der Waals surface area contributed by atoms with Crippen molar-refractivity contribution < 1.29 is 19.1 Å². The van der Waals surface area contributed by atoms with Gasteiger partial charge in [0.1, 0.15) is 17.3 Å². The van der Waals surface area contributed by atoms with Gasteiger partial charge in [-0.2, -0.15) is 0 Å². The van der Waals surface area contributed by atoms with E-state index >= 15 is 0 Å². The van der Waals surface area contributed by atoms with Crippen LogP contribution in [0.2, 0.25) is 5.02 Å². The number of nitrogens with zero attached hydrogens (tertiary/aromatic N) is 1. The van der Waals surface area contributed by atoms with Crippen molar-refractivity contribution in [3.63, 3.8) is 0 Å². The van der Waals surface area contributed by atoms with Crippen LogP contribution in [0.3, 0.4) is 0 Å². The van der Waals surface area contributed by atoms with Crippen molar-refractivity contribution in [2.45, 2.75) is 6.92 Å². The second-order valence-corrected chi connectivity index (χ2v) is 5.17. The van der Waals surface area contributed by atoms with E-state index in [1.807, 2.05) is 0 Å². The number of methoxy groups -OCH3 is 2. The number of nitrogens with one attached hydrogen (secondary N) is 2. The molecule has 0 radical (unpaired) electrons. The van der Waals surface area contributed by atoms with Crippen LogP contribution in [0.25, 0.3) is 0 Å². The minimum atomic E-state index is -0.874. The standard InChI is InChI=1S/C16H16ClN3O4/c1-9-5-4-6-14(18-9)20-16(22)15(21)19-11-8-12(23-2)10(17)7-13(11)24-3/h4-8H,1-3H3,(H,19,21)(H,18,20,22). The molecule has 7 nitrogen and oxygen atoms in total. The average Bonchev–Trinajstić information content (AvgIpc) is 2.55. The normalized spacial score (nSPS) is 10.0. The fourth-order valence-electron chi connectivity index (χ4n) is 1.92. The summed E-state index contributed by atoms with van der Waals surface area (Å²) >= 11 is 6.00. The zero-order valence-corrected chi connectivity index (χ0v) is 14.1. The van der Waals surface area contributed by atoms with Gasteiger partial charge >= 0.3 is 11.8 Å². The van der Waals surface area contributed by atoms with Crippen LogP contribution in [0.1, 0.15) is 5.69 Å². The van der Waals surface area contributed by atoms with Gasteiger partial charge in [0.05, 0.1) is 24.9 Å². The van der Waals surface area contributed by atoms with E-state index in [0.717, 1.165) is 5.69 Å². The molecule has 0 unspecified atom stereocenters. The summed E-state index contributed by atoms with van der Waals surface area (Å²) in [6, 6.07) is 8.04. The number of benzene rings is 1. The first-order chi connectivity index (χ1) is 11.4. The smallest absolute Gasteiger partial charge is 0.315 e. The van der Waals surface area contributed by atoms with Crippen molar-refractivity contribution in [2.75, 3.05) is 24.9 Å². The zero-order valence-electron chi connectivity index (χ0n) is 13.3. The highest BCUT2D eigenvalue weighted by Crippen LogP contribution is 2.35. The monoisotopic (exact) mass is 349 g/mol. The van der Waals surface area contributed by atoms with E-state index < -0.39 is 11.8 Å². The number of hydrogen-bond donors (Lipinski definition) is 2. The van der Waals surface area contributed by atoms with Crippen LogP contribution in [0.4, 0.5) is 11.5 Å². The molecule has 2 aromatic rings. The second kappa shape index (κ2) is 7.65. The molecule has 0 spiro atoms. The molecule has 1 aromatic heterocycles. The number of pyridine rings is 1. The molecular formula is C16H16ClN3O4. The first-order valence-electron chi connectivity index (χ1n) is 6.92. The Labute approximate surface area is 143 Å². The highest BCUT2D eigenvalue weighted by Gasteiger charge is 2.18. The average molecular weight is 350 g/mol. The summed E-state index contributed by atoms with van der Waals surface area (Å²) in [5.74, 6) is -0.801. The minimum Gasteiger partial charge on any atom is -0.495 e. The van der Waals surface area contributed by atoms with Gasteiger partial charge in [0.25, 0.3) is 0 Å². The highest BCUT2D eigenvalue weighted by molar-refractivity contribution is 6.43. The number of carbonyl (C=O) groups is 2. The largest absolute Gasteiger partial charge is 0.495 e. The number of amides is 2. The lowest BCUT2D eigenvalue weighted by molar-refractivity contribution is -0.133. The summed E-state index contributed by atoms with van der Waals surface area (Å²) in [7, 11) is 2.86. The van der Waals surface area contributed by atoms with Crippen molar-refractivity contribution in [2.24, 2.45) is 0 Å². The van der Waals surface area contributed by atoms with E-state index in [9.17, 15) is 9.59 Å². The molecule has 0 fully saturated rings. The topological polar surface area (TPSA) is 89.5 Å². The Hall–Kier alpha value is -2.80. The molecular weight excluding hydrogens is 334 g/mol. The van der Waals surface area contributed by atoms with Gasteiger partial charge in [-0.25, -0.2) is 4.98 Å². The van der Waals surface area contributed by atoms with Gasteiger partial charge in [0.15, 0.2) is 0 Å². The SMILES string of the molecule is COc1cc(NC(=O)C(=O)Nc2cccc(C)n2)c(OC)cc1Cl. The zero-order chi connectivity index (χ0) is 17.7. The molecule has 0 aliphatic rings. The van der Waals surface area contributed by atoms with Crippen molar-refractivity contribution >= 4 is 34.9 Å². The van der Waals surface area contributed by atoms with Crippen LogP contribution < -0.4 is 20.1 Å². The number of halogens is 1. The molecule has 2 N–H and O–H groups in total. The Morgan fingerprint density at radius 2 is 1.71 bits per heavy atom. The third-order valence-electron chi connectivity index (χ3n) is 3.06. The Morgan fingerprint density at radius 3 is 2.33 bits per heavy atom. The van der Waals surface area contributed by atoms with Gasteiger partial charge < -0.3 is 20.1 Å². The fraction of sp³-hybridized carbons (Fsp3) is 0.188. The van der Waals surface area contributed by atoms with Crippen LogP contribution in [0.5, 0.6) is 11.5 Å². The molecule has 0 aliphatic carbocycles. The number of aryl methyl sites for hydroxylation is 1. The first-order valence-corrected chi connectivity index (χ1v) is 7.30. The van der Waals surface area contributed by atoms with Crippen molar-refractivity contribution in [3.8, 4) is 11.5 Å². The highest BCUT2D eigenvalue weighted by atomic mass is 35.5. The molecule has 0 bridgehead atoms. The lowest BCUT2D eigenvalue weighted by Crippen LogP contribution is -2.29. The second-order valence-electron chi connectivity index (χ2n) is 4.76. The molecule has 0 atom stereocenters. The fourth-order valence-corrected chi connectivity index (χ4v) is 2.15. The molecule has 1 heterocycles. The van der Waals surface area contributed by atoms with E-state index in [1.54, 1.807) is 25.1 Å². The summed E-state index contributed by atoms with van der Waals surface area (Å²) in [4.78, 5) is 28.2. The van der Waals surface area contributed by atoms with Gasteiger partial charge in [0, 0.05) is 17.8 Å². The van der Waals surface area contributed by atoms with E-state index in [-0.39, 0.29) is 11.5 Å². The Bertz CT molecular complexity index is 780. The quantitative estimate of drug-likeness (QED) is 0.828. The predicted octanol–water partition coefficient (Wildman–Crippen LogP) is 2.64. The lowest BCUT2D eigenvalue weighted by Gasteiger charge is -2.13. The molecule has 126 valence electrons. The van der Waals surface area contributed by atoms with Crippen molar-refractivity contribution in [1.82, 2.24) is 4.98 Å². The third kappa shape index (κ3) is 4.14. The summed E-state index contributed by atoms with van der Waals surface area (Å²) in [5.41, 5.74) is 0.980. The van der Waals surface area contributed by atoms with Gasteiger partial charge in [-0.15, -0.1) is 0 Å². The van der Waals surface area contributed by atoms with Crippen molar-refractivity contribution in [3.05, 3.63) is 41.0 Å². The number of anilines is 2. The number of ether oxygens (including phenoxy) is 2. The molecule has 2 amide bonds. The molecule has 24 heavy (non-hydrogen) atoms. The van der Waals surface area contributed by atoms with Crippen LogP contribution >= 0.6 is 11.6 Å². The van der Waals surface area contributed by atoms with Gasteiger partial charge in [0.2, 0.25) is 0 Å². The van der Waals surface area contributed by atoms with E-state index in [4.69, 9.17) is 21.1 Å². The van der Waals surface area contributed by atoms with Crippen LogP contribution in [-0.2, 0) is 9.59 Å². The third-order valence-corrected chi connectivity index (χ3v) is 3.35. The first kappa shape index (κ1) is 17.6.